The highest BCUT2D eigenvalue weighted by Gasteiger charge is 2.08. The van der Waals surface area contributed by atoms with E-state index in [1.807, 2.05) is 12.1 Å². The highest BCUT2D eigenvalue weighted by atomic mass is 16.1. The molecule has 4 heteroatoms. The SMILES string of the molecule is CCCN(CCC)CCCNC(=O)c1ccccc1N. The van der Waals surface area contributed by atoms with Gasteiger partial charge in [0.05, 0.1) is 5.56 Å². The normalized spacial score (nSPS) is 10.8. The first kappa shape index (κ1) is 16.5. The number of carbonyl (C=O) groups is 1. The van der Waals surface area contributed by atoms with E-state index in [-0.39, 0.29) is 5.91 Å². The van der Waals surface area contributed by atoms with Crippen LogP contribution in [0.5, 0.6) is 0 Å². The molecule has 4 nitrogen and oxygen atoms in total. The van der Waals surface area contributed by atoms with Crippen molar-refractivity contribution in [2.24, 2.45) is 0 Å². The summed E-state index contributed by atoms with van der Waals surface area (Å²) in [4.78, 5) is 14.4. The highest BCUT2D eigenvalue weighted by Crippen LogP contribution is 2.09. The Bertz CT molecular complexity index is 400. The molecule has 1 aromatic carbocycles. The Morgan fingerprint density at radius 2 is 1.80 bits per heavy atom. The van der Waals surface area contributed by atoms with Crippen molar-refractivity contribution in [3.63, 3.8) is 0 Å². The van der Waals surface area contributed by atoms with Gasteiger partial charge in [0.25, 0.3) is 5.91 Å². The fourth-order valence-corrected chi connectivity index (χ4v) is 2.27. The molecule has 0 unspecified atom stereocenters. The Labute approximate surface area is 122 Å². The molecule has 1 amide bonds. The van der Waals surface area contributed by atoms with Crippen molar-refractivity contribution in [2.75, 3.05) is 31.9 Å². The number of hydrogen-bond donors (Lipinski definition) is 2. The standard InChI is InChI=1S/C16H27N3O/c1-3-11-19(12-4-2)13-7-10-18-16(20)14-8-5-6-9-15(14)17/h5-6,8-9H,3-4,7,10-13,17H2,1-2H3,(H,18,20). The van der Waals surface area contributed by atoms with Crippen molar-refractivity contribution in [1.82, 2.24) is 10.2 Å². The van der Waals surface area contributed by atoms with E-state index in [1.54, 1.807) is 12.1 Å². The first-order valence-electron chi connectivity index (χ1n) is 7.54. The predicted octanol–water partition coefficient (Wildman–Crippen LogP) is 2.51. The number of anilines is 1. The van der Waals surface area contributed by atoms with Gasteiger partial charge in [-0.1, -0.05) is 26.0 Å². The monoisotopic (exact) mass is 277 g/mol. The molecule has 112 valence electrons. The minimum atomic E-state index is -0.0827. The van der Waals surface area contributed by atoms with Gasteiger partial charge in [0, 0.05) is 12.2 Å². The van der Waals surface area contributed by atoms with Gasteiger partial charge >= 0.3 is 0 Å². The van der Waals surface area contributed by atoms with Gasteiger partial charge in [0.1, 0.15) is 0 Å². The average Bonchev–Trinajstić information content (AvgIpc) is 2.44. The van der Waals surface area contributed by atoms with Gasteiger partial charge in [-0.05, 0) is 51.0 Å². The minimum absolute atomic E-state index is 0.0827. The van der Waals surface area contributed by atoms with Crippen LogP contribution < -0.4 is 11.1 Å². The molecule has 3 N–H and O–H groups in total. The highest BCUT2D eigenvalue weighted by molar-refractivity contribution is 5.98. The van der Waals surface area contributed by atoms with Gasteiger partial charge < -0.3 is 16.0 Å². The molecule has 1 aromatic rings. The predicted molar refractivity (Wildman–Crippen MR) is 84.8 cm³/mol. The molecular weight excluding hydrogens is 250 g/mol. The maximum atomic E-state index is 12.0. The van der Waals surface area contributed by atoms with Crippen LogP contribution in [0, 0.1) is 0 Å². The smallest absolute Gasteiger partial charge is 0.253 e. The number of hydrogen-bond acceptors (Lipinski definition) is 3. The average molecular weight is 277 g/mol. The van der Waals surface area contributed by atoms with Gasteiger partial charge in [-0.15, -0.1) is 0 Å². The number of benzene rings is 1. The number of rotatable bonds is 9. The molecule has 0 bridgehead atoms. The van der Waals surface area contributed by atoms with Gasteiger partial charge in [-0.25, -0.2) is 0 Å². The van der Waals surface area contributed by atoms with Crippen LogP contribution in [0.1, 0.15) is 43.5 Å². The van der Waals surface area contributed by atoms with Gasteiger partial charge in [-0.3, -0.25) is 4.79 Å². The lowest BCUT2D eigenvalue weighted by Gasteiger charge is -2.20. The largest absolute Gasteiger partial charge is 0.398 e. The van der Waals surface area contributed by atoms with E-state index in [2.05, 4.69) is 24.1 Å². The maximum absolute atomic E-state index is 12.0. The van der Waals surface area contributed by atoms with E-state index in [0.29, 0.717) is 17.8 Å². The number of amides is 1. The van der Waals surface area contributed by atoms with Crippen LogP contribution in [0.25, 0.3) is 0 Å². The second kappa shape index (κ2) is 9.37. The van der Waals surface area contributed by atoms with Gasteiger partial charge in [-0.2, -0.15) is 0 Å². The van der Waals surface area contributed by atoms with Gasteiger partial charge in [0.2, 0.25) is 0 Å². The number of nitrogen functional groups attached to an aromatic ring is 1. The van der Waals surface area contributed by atoms with E-state index in [9.17, 15) is 4.79 Å². The number of para-hydroxylation sites is 1. The molecule has 0 aromatic heterocycles. The van der Waals surface area contributed by atoms with Crippen molar-refractivity contribution >= 4 is 11.6 Å². The third kappa shape index (κ3) is 5.61. The van der Waals surface area contributed by atoms with E-state index < -0.39 is 0 Å². The number of nitrogens with zero attached hydrogens (tertiary/aromatic N) is 1. The molecule has 0 saturated carbocycles. The Morgan fingerprint density at radius 1 is 1.15 bits per heavy atom. The van der Waals surface area contributed by atoms with Crippen LogP contribution in [-0.4, -0.2) is 37.0 Å². The molecule has 0 aliphatic carbocycles. The Balaban J connectivity index is 2.30. The first-order chi connectivity index (χ1) is 9.69. The lowest BCUT2D eigenvalue weighted by Crippen LogP contribution is -2.31. The van der Waals surface area contributed by atoms with Crippen LogP contribution in [0.2, 0.25) is 0 Å². The van der Waals surface area contributed by atoms with E-state index in [4.69, 9.17) is 5.73 Å². The zero-order valence-electron chi connectivity index (χ0n) is 12.7. The summed E-state index contributed by atoms with van der Waals surface area (Å²) in [5.41, 5.74) is 6.88. The lowest BCUT2D eigenvalue weighted by molar-refractivity contribution is 0.0952. The second-order valence-electron chi connectivity index (χ2n) is 5.04. The summed E-state index contributed by atoms with van der Waals surface area (Å²) in [5, 5.41) is 2.93. The van der Waals surface area contributed by atoms with Crippen LogP contribution in [0.3, 0.4) is 0 Å². The number of nitrogens with two attached hydrogens (primary N) is 1. The second-order valence-corrected chi connectivity index (χ2v) is 5.04. The van der Waals surface area contributed by atoms with Crippen molar-refractivity contribution < 1.29 is 4.79 Å². The first-order valence-corrected chi connectivity index (χ1v) is 7.54. The quantitative estimate of drug-likeness (QED) is 0.538. The summed E-state index contributed by atoms with van der Waals surface area (Å²) in [7, 11) is 0. The van der Waals surface area contributed by atoms with Crippen LogP contribution in [0.15, 0.2) is 24.3 Å². The van der Waals surface area contributed by atoms with Crippen molar-refractivity contribution in [2.45, 2.75) is 33.1 Å². The maximum Gasteiger partial charge on any atom is 0.253 e. The molecule has 0 spiro atoms. The minimum Gasteiger partial charge on any atom is -0.398 e. The van der Waals surface area contributed by atoms with E-state index in [1.165, 1.54) is 12.8 Å². The molecule has 0 fully saturated rings. The summed E-state index contributed by atoms with van der Waals surface area (Å²) in [6.45, 7) is 8.38. The fraction of sp³-hybridized carbons (Fsp3) is 0.562. The Morgan fingerprint density at radius 3 is 2.40 bits per heavy atom. The van der Waals surface area contributed by atoms with Crippen LogP contribution in [0.4, 0.5) is 5.69 Å². The van der Waals surface area contributed by atoms with Crippen LogP contribution >= 0.6 is 0 Å². The lowest BCUT2D eigenvalue weighted by atomic mass is 10.1. The molecule has 0 aliphatic rings. The van der Waals surface area contributed by atoms with Gasteiger partial charge in [0.15, 0.2) is 0 Å². The van der Waals surface area contributed by atoms with Crippen molar-refractivity contribution in [3.05, 3.63) is 29.8 Å². The third-order valence-corrected chi connectivity index (χ3v) is 3.22. The van der Waals surface area contributed by atoms with E-state index in [0.717, 1.165) is 26.1 Å². The van der Waals surface area contributed by atoms with Crippen molar-refractivity contribution in [3.8, 4) is 0 Å². The number of nitrogens with one attached hydrogen (secondary N) is 1. The zero-order chi connectivity index (χ0) is 14.8. The third-order valence-electron chi connectivity index (χ3n) is 3.22. The molecule has 1 rings (SSSR count). The topological polar surface area (TPSA) is 58.4 Å². The molecule has 0 heterocycles. The number of carbonyl (C=O) groups excluding carboxylic acids is 1. The molecule has 0 atom stereocenters. The molecule has 0 saturated heterocycles. The summed E-state index contributed by atoms with van der Waals surface area (Å²) in [6, 6.07) is 7.17. The Kier molecular flexibility index (Phi) is 7.73. The Hall–Kier alpha value is -1.55. The zero-order valence-corrected chi connectivity index (χ0v) is 12.7. The summed E-state index contributed by atoms with van der Waals surface area (Å²) >= 11 is 0. The van der Waals surface area contributed by atoms with E-state index >= 15 is 0 Å². The molecule has 20 heavy (non-hydrogen) atoms. The van der Waals surface area contributed by atoms with Crippen molar-refractivity contribution in [1.29, 1.82) is 0 Å². The molecule has 0 aliphatic heterocycles. The summed E-state index contributed by atoms with van der Waals surface area (Å²) < 4.78 is 0. The molecule has 0 radical (unpaired) electrons. The summed E-state index contributed by atoms with van der Waals surface area (Å²) in [6.07, 6.45) is 3.32. The fourth-order valence-electron chi connectivity index (χ4n) is 2.27. The molecular formula is C16H27N3O. The van der Waals surface area contributed by atoms with Crippen LogP contribution in [-0.2, 0) is 0 Å². The summed E-state index contributed by atoms with van der Waals surface area (Å²) in [5.74, 6) is -0.0827.